The number of carbonyl (C=O) groups is 1. The molecule has 0 fully saturated rings. The van der Waals surface area contributed by atoms with Gasteiger partial charge in [-0.05, 0) is 35.9 Å². The first-order valence-corrected chi connectivity index (χ1v) is 8.06. The fourth-order valence-electron chi connectivity index (χ4n) is 2.51. The van der Waals surface area contributed by atoms with Gasteiger partial charge in [0.05, 0.1) is 17.7 Å². The summed E-state index contributed by atoms with van der Waals surface area (Å²) in [5.74, 6) is -0.387. The van der Waals surface area contributed by atoms with E-state index in [1.807, 2.05) is 6.07 Å². The first kappa shape index (κ1) is 18.4. The summed E-state index contributed by atoms with van der Waals surface area (Å²) in [7, 11) is 0. The summed E-state index contributed by atoms with van der Waals surface area (Å²) in [6, 6.07) is 16.1. The van der Waals surface area contributed by atoms with Crippen molar-refractivity contribution in [2.24, 2.45) is 0 Å². The second-order valence-corrected chi connectivity index (χ2v) is 5.90. The van der Waals surface area contributed by atoms with Gasteiger partial charge in [-0.1, -0.05) is 30.3 Å². The van der Waals surface area contributed by atoms with E-state index in [1.165, 1.54) is 35.0 Å². The smallest absolute Gasteiger partial charge is 0.322 e. The lowest BCUT2D eigenvalue weighted by atomic mass is 10.1. The van der Waals surface area contributed by atoms with E-state index >= 15 is 0 Å². The van der Waals surface area contributed by atoms with Crippen LogP contribution in [0.15, 0.2) is 77.7 Å². The number of para-hydroxylation sites is 1. The maximum Gasteiger partial charge on any atom is 0.416 e. The molecule has 0 saturated heterocycles. The number of amides is 1. The Labute approximate surface area is 152 Å². The maximum absolute atomic E-state index is 12.6. The highest BCUT2D eigenvalue weighted by molar-refractivity contribution is 6.04. The molecule has 0 unspecified atom stereocenters. The summed E-state index contributed by atoms with van der Waals surface area (Å²) in [5, 5.41) is 2.71. The summed E-state index contributed by atoms with van der Waals surface area (Å²) in [6.07, 6.45) is -3.02. The highest BCUT2D eigenvalue weighted by atomic mass is 19.4. The first-order valence-electron chi connectivity index (χ1n) is 8.06. The lowest BCUT2D eigenvalue weighted by molar-refractivity contribution is -0.137. The van der Waals surface area contributed by atoms with Gasteiger partial charge in [-0.15, -0.1) is 0 Å². The number of alkyl halides is 3. The second-order valence-electron chi connectivity index (χ2n) is 5.90. The van der Waals surface area contributed by atoms with Crippen molar-refractivity contribution in [2.45, 2.75) is 12.7 Å². The minimum Gasteiger partial charge on any atom is -0.322 e. The van der Waals surface area contributed by atoms with Crippen LogP contribution in [0.5, 0.6) is 0 Å². The Hall–Kier alpha value is -3.35. The Morgan fingerprint density at radius 2 is 1.59 bits per heavy atom. The third kappa shape index (κ3) is 4.63. The minimum absolute atomic E-state index is 0.0590. The molecule has 0 spiro atoms. The van der Waals surface area contributed by atoms with Crippen LogP contribution in [-0.4, -0.2) is 10.5 Å². The number of hydrogen-bond donors (Lipinski definition) is 1. The van der Waals surface area contributed by atoms with E-state index in [4.69, 9.17) is 0 Å². The van der Waals surface area contributed by atoms with Crippen molar-refractivity contribution in [2.75, 3.05) is 5.32 Å². The number of nitrogens with zero attached hydrogens (tertiary/aromatic N) is 1. The first-order chi connectivity index (χ1) is 12.8. The monoisotopic (exact) mass is 372 g/mol. The van der Waals surface area contributed by atoms with E-state index in [9.17, 15) is 22.8 Å². The largest absolute Gasteiger partial charge is 0.416 e. The number of nitrogens with one attached hydrogen (secondary N) is 1. The number of aromatic nitrogens is 1. The average molecular weight is 372 g/mol. The van der Waals surface area contributed by atoms with Crippen molar-refractivity contribution < 1.29 is 18.0 Å². The average Bonchev–Trinajstić information content (AvgIpc) is 2.64. The Kier molecular flexibility index (Phi) is 5.12. The number of rotatable bonds is 4. The van der Waals surface area contributed by atoms with Crippen molar-refractivity contribution in [3.8, 4) is 0 Å². The minimum atomic E-state index is -4.41. The van der Waals surface area contributed by atoms with Crippen LogP contribution in [0.2, 0.25) is 0 Å². The number of hydrogen-bond acceptors (Lipinski definition) is 2. The molecule has 27 heavy (non-hydrogen) atoms. The molecular weight excluding hydrogens is 357 g/mol. The number of benzene rings is 2. The normalized spacial score (nSPS) is 11.2. The summed E-state index contributed by atoms with van der Waals surface area (Å²) in [6.45, 7) is 0.0590. The molecule has 1 aromatic heterocycles. The van der Waals surface area contributed by atoms with Crippen LogP contribution < -0.4 is 10.9 Å². The van der Waals surface area contributed by atoms with E-state index in [2.05, 4.69) is 5.32 Å². The van der Waals surface area contributed by atoms with Gasteiger partial charge < -0.3 is 9.88 Å². The van der Waals surface area contributed by atoms with Gasteiger partial charge in [0, 0.05) is 18.0 Å². The molecule has 0 radical (unpaired) electrons. The van der Waals surface area contributed by atoms with E-state index in [0.717, 1.165) is 12.1 Å². The van der Waals surface area contributed by atoms with Gasteiger partial charge in [-0.2, -0.15) is 13.2 Å². The Morgan fingerprint density at radius 3 is 2.22 bits per heavy atom. The van der Waals surface area contributed by atoms with E-state index in [-0.39, 0.29) is 23.6 Å². The predicted octanol–water partition coefficient (Wildman–Crippen LogP) is 4.17. The third-order valence-electron chi connectivity index (χ3n) is 3.91. The standard InChI is InChI=1S/C20H15F3N2O2/c21-20(22,23)16-9-6-14(7-10-16)12-25-13-15(8-11-18(25)26)19(27)24-17-4-2-1-3-5-17/h1-11,13H,12H2,(H,24,27). The topological polar surface area (TPSA) is 51.1 Å². The van der Waals surface area contributed by atoms with Gasteiger partial charge in [-0.25, -0.2) is 0 Å². The van der Waals surface area contributed by atoms with E-state index < -0.39 is 11.7 Å². The molecule has 1 amide bonds. The summed E-state index contributed by atoms with van der Waals surface area (Å²) in [5.41, 5.74) is 0.291. The van der Waals surface area contributed by atoms with E-state index in [0.29, 0.717) is 11.3 Å². The quantitative estimate of drug-likeness (QED) is 0.747. The van der Waals surface area contributed by atoms with Crippen molar-refractivity contribution in [3.63, 3.8) is 0 Å². The lowest BCUT2D eigenvalue weighted by Gasteiger charge is -2.11. The Bertz CT molecular complexity index is 994. The van der Waals surface area contributed by atoms with Crippen LogP contribution >= 0.6 is 0 Å². The highest BCUT2D eigenvalue weighted by Gasteiger charge is 2.29. The molecule has 1 N–H and O–H groups in total. The summed E-state index contributed by atoms with van der Waals surface area (Å²) in [4.78, 5) is 24.4. The number of anilines is 1. The second kappa shape index (κ2) is 7.49. The van der Waals surface area contributed by atoms with Crippen LogP contribution in [-0.2, 0) is 12.7 Å². The number of carbonyl (C=O) groups excluding carboxylic acids is 1. The zero-order valence-electron chi connectivity index (χ0n) is 14.0. The molecule has 7 heteroatoms. The lowest BCUT2D eigenvalue weighted by Crippen LogP contribution is -2.22. The molecule has 2 aromatic carbocycles. The van der Waals surface area contributed by atoms with Crippen molar-refractivity contribution in [1.82, 2.24) is 4.57 Å². The molecule has 0 bridgehead atoms. The zero-order chi connectivity index (χ0) is 19.4. The Balaban J connectivity index is 1.79. The highest BCUT2D eigenvalue weighted by Crippen LogP contribution is 2.29. The van der Waals surface area contributed by atoms with Crippen molar-refractivity contribution >= 4 is 11.6 Å². The summed E-state index contributed by atoms with van der Waals surface area (Å²) >= 11 is 0. The summed E-state index contributed by atoms with van der Waals surface area (Å²) < 4.78 is 39.2. The van der Waals surface area contributed by atoms with Gasteiger partial charge in [0.2, 0.25) is 0 Å². The predicted molar refractivity (Wildman–Crippen MR) is 95.6 cm³/mol. The van der Waals surface area contributed by atoms with Crippen LogP contribution in [0.1, 0.15) is 21.5 Å². The van der Waals surface area contributed by atoms with Gasteiger partial charge in [0.25, 0.3) is 11.5 Å². The SMILES string of the molecule is O=C(Nc1ccccc1)c1ccc(=O)n(Cc2ccc(C(F)(F)F)cc2)c1. The molecular formula is C20H15F3N2O2. The van der Waals surface area contributed by atoms with Crippen molar-refractivity contribution in [1.29, 1.82) is 0 Å². The van der Waals surface area contributed by atoms with Gasteiger partial charge in [0.15, 0.2) is 0 Å². The molecule has 3 aromatic rings. The third-order valence-corrected chi connectivity index (χ3v) is 3.91. The van der Waals surface area contributed by atoms with Gasteiger partial charge in [-0.3, -0.25) is 9.59 Å². The van der Waals surface area contributed by atoms with Crippen LogP contribution in [0.25, 0.3) is 0 Å². The van der Waals surface area contributed by atoms with Crippen LogP contribution in [0, 0.1) is 0 Å². The molecule has 3 rings (SSSR count). The molecule has 4 nitrogen and oxygen atoms in total. The maximum atomic E-state index is 12.6. The number of pyridine rings is 1. The van der Waals surface area contributed by atoms with Crippen LogP contribution in [0.4, 0.5) is 18.9 Å². The molecule has 138 valence electrons. The molecule has 1 heterocycles. The molecule has 0 aliphatic rings. The Morgan fingerprint density at radius 1 is 0.926 bits per heavy atom. The fourth-order valence-corrected chi connectivity index (χ4v) is 2.51. The molecule has 0 aliphatic heterocycles. The molecule has 0 saturated carbocycles. The molecule has 0 aliphatic carbocycles. The fraction of sp³-hybridized carbons (Fsp3) is 0.100. The van der Waals surface area contributed by atoms with Gasteiger partial charge in [0.1, 0.15) is 0 Å². The number of halogens is 3. The van der Waals surface area contributed by atoms with Crippen LogP contribution in [0.3, 0.4) is 0 Å². The van der Waals surface area contributed by atoms with Crippen molar-refractivity contribution in [3.05, 3.63) is 100.0 Å². The van der Waals surface area contributed by atoms with Gasteiger partial charge >= 0.3 is 6.18 Å². The zero-order valence-corrected chi connectivity index (χ0v) is 14.0. The molecule has 0 atom stereocenters. The van der Waals surface area contributed by atoms with E-state index in [1.54, 1.807) is 24.3 Å².